The first kappa shape index (κ1) is 18.5. The van der Waals surface area contributed by atoms with Crippen LogP contribution in [0.4, 0.5) is 0 Å². The number of nitrogens with one attached hydrogen (secondary N) is 1. The Hall–Kier alpha value is -2.81. The van der Waals surface area contributed by atoms with Gasteiger partial charge in [-0.15, -0.1) is 0 Å². The minimum Gasteiger partial charge on any atom is -0.444 e. The Morgan fingerprint density at radius 1 is 1.40 bits per heavy atom. The smallest absolute Gasteiger partial charge is 0.262 e. The Labute approximate surface area is 148 Å². The molecular weight excluding hydrogens is 316 g/mol. The normalized spacial score (nSPS) is 11.4. The fourth-order valence-electron chi connectivity index (χ4n) is 2.71. The quantitative estimate of drug-likeness (QED) is 0.645. The molecule has 2 rings (SSSR count). The number of amides is 1. The van der Waals surface area contributed by atoms with E-state index in [4.69, 9.17) is 4.42 Å². The predicted molar refractivity (Wildman–Crippen MR) is 95.6 cm³/mol. The van der Waals surface area contributed by atoms with Crippen LogP contribution in [0.5, 0.6) is 0 Å². The second kappa shape index (κ2) is 7.84. The number of carbonyl (C=O) groups excluding carboxylic acids is 1. The van der Waals surface area contributed by atoms with E-state index < -0.39 is 5.91 Å². The topological polar surface area (TPSA) is 83.9 Å². The van der Waals surface area contributed by atoms with Crippen LogP contribution in [0.15, 0.2) is 16.1 Å². The zero-order chi connectivity index (χ0) is 18.6. The van der Waals surface area contributed by atoms with E-state index in [1.165, 1.54) is 0 Å². The summed E-state index contributed by atoms with van der Waals surface area (Å²) in [5, 5.41) is 12.0. The average molecular weight is 340 g/mol. The minimum atomic E-state index is -0.434. The number of carbonyl (C=O) groups is 1. The maximum absolute atomic E-state index is 12.3. The number of nitrogens with zero attached hydrogens (tertiary/aromatic N) is 3. The number of nitriles is 1. The second-order valence-electron chi connectivity index (χ2n) is 6.08. The second-order valence-corrected chi connectivity index (χ2v) is 6.08. The highest BCUT2D eigenvalue weighted by atomic mass is 16.4. The molecule has 0 aliphatic rings. The third kappa shape index (κ3) is 4.18. The number of aryl methyl sites for hydroxylation is 3. The van der Waals surface area contributed by atoms with E-state index >= 15 is 0 Å². The summed E-state index contributed by atoms with van der Waals surface area (Å²) in [6, 6.07) is 3.98. The molecule has 0 atom stereocenters. The van der Waals surface area contributed by atoms with Gasteiger partial charge in [0, 0.05) is 17.9 Å². The standard InChI is InChI=1S/C19H24N4O2/c1-6-7-23-12(2)8-16(14(23)4)9-17(10-20)19(24)21-11-18-22-13(3)15(5)25-18/h8-9H,6-7,11H2,1-5H3,(H,21,24)/b17-9-. The molecule has 0 aliphatic carbocycles. The molecule has 6 heteroatoms. The van der Waals surface area contributed by atoms with Gasteiger partial charge in [-0.25, -0.2) is 4.98 Å². The summed E-state index contributed by atoms with van der Waals surface area (Å²) in [6.07, 6.45) is 2.66. The van der Waals surface area contributed by atoms with Crippen LogP contribution in [-0.4, -0.2) is 15.5 Å². The molecule has 2 aromatic rings. The van der Waals surface area contributed by atoms with E-state index in [0.717, 1.165) is 41.4 Å². The highest BCUT2D eigenvalue weighted by molar-refractivity contribution is 6.01. The Morgan fingerprint density at radius 2 is 2.12 bits per heavy atom. The van der Waals surface area contributed by atoms with Gasteiger partial charge < -0.3 is 14.3 Å². The summed E-state index contributed by atoms with van der Waals surface area (Å²) in [5.41, 5.74) is 3.92. The van der Waals surface area contributed by atoms with Gasteiger partial charge >= 0.3 is 0 Å². The van der Waals surface area contributed by atoms with Crippen LogP contribution in [0.25, 0.3) is 6.08 Å². The molecule has 0 spiro atoms. The maximum Gasteiger partial charge on any atom is 0.262 e. The van der Waals surface area contributed by atoms with Crippen LogP contribution in [0, 0.1) is 39.0 Å². The predicted octanol–water partition coefficient (Wildman–Crippen LogP) is 3.34. The number of hydrogen-bond donors (Lipinski definition) is 1. The molecular formula is C19H24N4O2. The molecule has 6 nitrogen and oxygen atoms in total. The zero-order valence-electron chi connectivity index (χ0n) is 15.4. The summed E-state index contributed by atoms with van der Waals surface area (Å²) >= 11 is 0. The molecule has 0 radical (unpaired) electrons. The summed E-state index contributed by atoms with van der Waals surface area (Å²) < 4.78 is 7.62. The van der Waals surface area contributed by atoms with Crippen LogP contribution in [0.2, 0.25) is 0 Å². The van der Waals surface area contributed by atoms with Crippen molar-refractivity contribution in [1.82, 2.24) is 14.9 Å². The van der Waals surface area contributed by atoms with Crippen molar-refractivity contribution in [3.63, 3.8) is 0 Å². The molecule has 0 saturated heterocycles. The maximum atomic E-state index is 12.3. The fourth-order valence-corrected chi connectivity index (χ4v) is 2.71. The van der Waals surface area contributed by atoms with Crippen LogP contribution in [0.1, 0.15) is 47.6 Å². The van der Waals surface area contributed by atoms with E-state index in [1.54, 1.807) is 6.08 Å². The average Bonchev–Trinajstić information content (AvgIpc) is 3.04. The monoisotopic (exact) mass is 340 g/mol. The van der Waals surface area contributed by atoms with Crippen LogP contribution in [-0.2, 0) is 17.9 Å². The van der Waals surface area contributed by atoms with Gasteiger partial charge in [-0.05, 0) is 51.8 Å². The number of aromatic nitrogens is 2. The Morgan fingerprint density at radius 3 is 2.68 bits per heavy atom. The summed E-state index contributed by atoms with van der Waals surface area (Å²) in [7, 11) is 0. The van der Waals surface area contributed by atoms with Crippen LogP contribution >= 0.6 is 0 Å². The van der Waals surface area contributed by atoms with Gasteiger partial charge in [-0.2, -0.15) is 5.26 Å². The Kier molecular flexibility index (Phi) is 5.81. The Bertz CT molecular complexity index is 830. The highest BCUT2D eigenvalue weighted by Crippen LogP contribution is 2.19. The van der Waals surface area contributed by atoms with Gasteiger partial charge in [0.05, 0.1) is 12.2 Å². The fraction of sp³-hybridized carbons (Fsp3) is 0.421. The van der Waals surface area contributed by atoms with Crippen LogP contribution in [0.3, 0.4) is 0 Å². The summed E-state index contributed by atoms with van der Waals surface area (Å²) in [4.78, 5) is 16.5. The number of oxazole rings is 1. The first-order valence-corrected chi connectivity index (χ1v) is 8.37. The molecule has 1 amide bonds. The van der Waals surface area contributed by atoms with Crippen molar-refractivity contribution in [1.29, 1.82) is 5.26 Å². The van der Waals surface area contributed by atoms with Crippen molar-refractivity contribution >= 4 is 12.0 Å². The Balaban J connectivity index is 2.15. The van der Waals surface area contributed by atoms with Gasteiger partial charge in [0.15, 0.2) is 0 Å². The van der Waals surface area contributed by atoms with Gasteiger partial charge in [-0.3, -0.25) is 4.79 Å². The molecule has 2 aromatic heterocycles. The molecule has 1 N–H and O–H groups in total. The molecule has 2 heterocycles. The zero-order valence-corrected chi connectivity index (χ0v) is 15.4. The lowest BCUT2D eigenvalue weighted by Crippen LogP contribution is -2.24. The number of hydrogen-bond acceptors (Lipinski definition) is 4. The van der Waals surface area contributed by atoms with Crippen LogP contribution < -0.4 is 5.32 Å². The van der Waals surface area contributed by atoms with Crippen molar-refractivity contribution in [2.45, 2.75) is 54.1 Å². The van der Waals surface area contributed by atoms with Gasteiger partial charge in [-0.1, -0.05) is 6.92 Å². The van der Waals surface area contributed by atoms with Crippen molar-refractivity contribution in [2.24, 2.45) is 0 Å². The first-order chi connectivity index (χ1) is 11.9. The molecule has 0 bridgehead atoms. The van der Waals surface area contributed by atoms with E-state index in [9.17, 15) is 10.1 Å². The third-order valence-corrected chi connectivity index (χ3v) is 4.20. The molecule has 0 aromatic carbocycles. The van der Waals surface area contributed by atoms with E-state index in [1.807, 2.05) is 39.8 Å². The molecule has 0 unspecified atom stereocenters. The van der Waals surface area contributed by atoms with Crippen molar-refractivity contribution in [2.75, 3.05) is 0 Å². The summed E-state index contributed by atoms with van der Waals surface area (Å²) in [5.74, 6) is 0.724. The molecule has 25 heavy (non-hydrogen) atoms. The lowest BCUT2D eigenvalue weighted by atomic mass is 10.1. The third-order valence-electron chi connectivity index (χ3n) is 4.20. The molecule has 0 saturated carbocycles. The lowest BCUT2D eigenvalue weighted by molar-refractivity contribution is -0.117. The lowest BCUT2D eigenvalue weighted by Gasteiger charge is -2.07. The van der Waals surface area contributed by atoms with E-state index in [0.29, 0.717) is 5.89 Å². The van der Waals surface area contributed by atoms with E-state index in [2.05, 4.69) is 21.8 Å². The van der Waals surface area contributed by atoms with E-state index in [-0.39, 0.29) is 12.1 Å². The SMILES string of the molecule is CCCn1c(C)cc(/C=C(/C#N)C(=O)NCc2nc(C)c(C)o2)c1C. The number of rotatable bonds is 6. The van der Waals surface area contributed by atoms with Gasteiger partial charge in [0.2, 0.25) is 5.89 Å². The first-order valence-electron chi connectivity index (χ1n) is 8.37. The van der Waals surface area contributed by atoms with Crippen molar-refractivity contribution < 1.29 is 9.21 Å². The molecule has 0 aliphatic heterocycles. The molecule has 132 valence electrons. The van der Waals surface area contributed by atoms with Gasteiger partial charge in [0.25, 0.3) is 5.91 Å². The summed E-state index contributed by atoms with van der Waals surface area (Å²) in [6.45, 7) is 10.9. The largest absolute Gasteiger partial charge is 0.444 e. The van der Waals surface area contributed by atoms with Crippen molar-refractivity contribution in [3.8, 4) is 6.07 Å². The highest BCUT2D eigenvalue weighted by Gasteiger charge is 2.14. The minimum absolute atomic E-state index is 0.0664. The van der Waals surface area contributed by atoms with Gasteiger partial charge in [0.1, 0.15) is 17.4 Å². The molecule has 0 fully saturated rings. The van der Waals surface area contributed by atoms with Crippen molar-refractivity contribution in [3.05, 3.63) is 45.9 Å².